The lowest BCUT2D eigenvalue weighted by atomic mass is 10.1. The van der Waals surface area contributed by atoms with Gasteiger partial charge in [-0.05, 0) is 36.8 Å². The summed E-state index contributed by atoms with van der Waals surface area (Å²) in [5, 5.41) is 11.2. The van der Waals surface area contributed by atoms with Gasteiger partial charge in [-0.15, -0.1) is 0 Å². The summed E-state index contributed by atoms with van der Waals surface area (Å²) in [6.45, 7) is 1.65. The van der Waals surface area contributed by atoms with E-state index in [2.05, 4.69) is 5.32 Å². The monoisotopic (exact) mass is 321 g/mol. The largest absolute Gasteiger partial charge is 0.493 e. The molecule has 0 bridgehead atoms. The highest BCUT2D eigenvalue weighted by molar-refractivity contribution is 5.97. The van der Waals surface area contributed by atoms with E-state index < -0.39 is 17.4 Å². The third-order valence-electron chi connectivity index (χ3n) is 3.18. The first-order valence-corrected chi connectivity index (χ1v) is 7.10. The second kappa shape index (κ2) is 7.19. The third-order valence-corrected chi connectivity index (χ3v) is 3.18. The molecule has 2 N–H and O–H groups in total. The Hall–Kier alpha value is -2.47. The van der Waals surface area contributed by atoms with Crippen molar-refractivity contribution >= 4 is 11.6 Å². The first-order chi connectivity index (χ1) is 11.0. The van der Waals surface area contributed by atoms with Crippen molar-refractivity contribution in [3.63, 3.8) is 0 Å². The van der Waals surface area contributed by atoms with Crippen LogP contribution in [-0.4, -0.2) is 17.6 Å². The van der Waals surface area contributed by atoms with Crippen LogP contribution in [0.2, 0.25) is 0 Å². The highest BCUT2D eigenvalue weighted by atomic mass is 19.3. The standard InChI is InChI=1S/C17H17F2NO3/c1-2-23-15-9-4-3-8-14(15)17(18,19)16(22)20-13-7-5-6-12(10-13)11-21/h3-10,21H,2,11H2,1H3,(H,20,22). The number of rotatable bonds is 6. The summed E-state index contributed by atoms with van der Waals surface area (Å²) in [6, 6.07) is 11.6. The lowest BCUT2D eigenvalue weighted by Gasteiger charge is -2.19. The molecule has 0 fully saturated rings. The van der Waals surface area contributed by atoms with Gasteiger partial charge in [0.2, 0.25) is 0 Å². The average molecular weight is 321 g/mol. The van der Waals surface area contributed by atoms with Gasteiger partial charge in [-0.25, -0.2) is 0 Å². The highest BCUT2D eigenvalue weighted by Crippen LogP contribution is 2.36. The van der Waals surface area contributed by atoms with Gasteiger partial charge >= 0.3 is 5.92 Å². The fraction of sp³-hybridized carbons (Fsp3) is 0.235. The minimum absolute atomic E-state index is 0.0285. The molecule has 0 aliphatic rings. The zero-order valence-electron chi connectivity index (χ0n) is 12.6. The summed E-state index contributed by atoms with van der Waals surface area (Å²) in [5.74, 6) is -5.24. The van der Waals surface area contributed by atoms with Crippen molar-refractivity contribution in [3.05, 3.63) is 59.7 Å². The first-order valence-electron chi connectivity index (χ1n) is 7.10. The van der Waals surface area contributed by atoms with Gasteiger partial charge in [0.1, 0.15) is 5.75 Å². The number of carbonyl (C=O) groups is 1. The SMILES string of the molecule is CCOc1ccccc1C(F)(F)C(=O)Nc1cccc(CO)c1. The molecule has 0 atom stereocenters. The predicted octanol–water partition coefficient (Wildman–Crippen LogP) is 3.31. The molecule has 0 aliphatic carbocycles. The number of halogens is 2. The van der Waals surface area contributed by atoms with E-state index in [-0.39, 0.29) is 24.7 Å². The number of carbonyl (C=O) groups excluding carboxylic acids is 1. The van der Waals surface area contributed by atoms with Crippen molar-refractivity contribution in [3.8, 4) is 5.75 Å². The number of benzene rings is 2. The van der Waals surface area contributed by atoms with E-state index >= 15 is 0 Å². The van der Waals surface area contributed by atoms with Gasteiger partial charge in [0, 0.05) is 5.69 Å². The molecule has 0 heterocycles. The van der Waals surface area contributed by atoms with E-state index in [9.17, 15) is 13.6 Å². The summed E-state index contributed by atoms with van der Waals surface area (Å²) < 4.78 is 34.1. The molecule has 0 aromatic heterocycles. The van der Waals surface area contributed by atoms with Crippen molar-refractivity contribution in [2.45, 2.75) is 19.5 Å². The van der Waals surface area contributed by atoms with Crippen LogP contribution >= 0.6 is 0 Å². The van der Waals surface area contributed by atoms with Crippen LogP contribution in [-0.2, 0) is 17.3 Å². The minimum atomic E-state index is -3.75. The van der Waals surface area contributed by atoms with E-state index in [1.807, 2.05) is 0 Å². The molecule has 0 saturated heterocycles. The van der Waals surface area contributed by atoms with Crippen LogP contribution in [0, 0.1) is 0 Å². The van der Waals surface area contributed by atoms with Gasteiger partial charge in [0.25, 0.3) is 5.91 Å². The highest BCUT2D eigenvalue weighted by Gasteiger charge is 2.43. The Balaban J connectivity index is 2.26. The lowest BCUT2D eigenvalue weighted by Crippen LogP contribution is -2.32. The molecule has 23 heavy (non-hydrogen) atoms. The molecule has 0 unspecified atom stereocenters. The fourth-order valence-corrected chi connectivity index (χ4v) is 2.09. The first kappa shape index (κ1) is 16.9. The predicted molar refractivity (Wildman–Crippen MR) is 82.5 cm³/mol. The van der Waals surface area contributed by atoms with Crippen LogP contribution in [0.15, 0.2) is 48.5 Å². The molecule has 0 saturated carbocycles. The van der Waals surface area contributed by atoms with Crippen LogP contribution in [0.25, 0.3) is 0 Å². The Labute approximate surface area is 132 Å². The summed E-state index contributed by atoms with van der Waals surface area (Å²) in [6.07, 6.45) is 0. The summed E-state index contributed by atoms with van der Waals surface area (Å²) in [4.78, 5) is 12.0. The maximum atomic E-state index is 14.5. The number of alkyl halides is 2. The summed E-state index contributed by atoms with van der Waals surface area (Å²) >= 11 is 0. The molecule has 122 valence electrons. The second-order valence-electron chi connectivity index (χ2n) is 4.82. The number of aliphatic hydroxyl groups is 1. The van der Waals surface area contributed by atoms with E-state index in [0.717, 1.165) is 6.07 Å². The van der Waals surface area contributed by atoms with E-state index in [1.165, 1.54) is 24.3 Å². The van der Waals surface area contributed by atoms with Crippen LogP contribution in [0.1, 0.15) is 18.1 Å². The molecular formula is C17H17F2NO3. The number of para-hydroxylation sites is 1. The number of hydrogen-bond donors (Lipinski definition) is 2. The van der Waals surface area contributed by atoms with Gasteiger partial charge in [-0.1, -0.05) is 24.3 Å². The maximum absolute atomic E-state index is 14.5. The molecule has 2 aromatic rings. The van der Waals surface area contributed by atoms with Gasteiger partial charge in [-0.2, -0.15) is 8.78 Å². The molecule has 0 radical (unpaired) electrons. The Morgan fingerprint density at radius 1 is 1.22 bits per heavy atom. The zero-order valence-corrected chi connectivity index (χ0v) is 12.6. The number of hydrogen-bond acceptors (Lipinski definition) is 3. The number of ether oxygens (including phenoxy) is 1. The Morgan fingerprint density at radius 2 is 1.96 bits per heavy atom. The Kier molecular flexibility index (Phi) is 5.28. The van der Waals surface area contributed by atoms with Crippen molar-refractivity contribution in [1.82, 2.24) is 0 Å². The zero-order chi connectivity index (χ0) is 16.9. The van der Waals surface area contributed by atoms with Gasteiger partial charge in [-0.3, -0.25) is 4.79 Å². The van der Waals surface area contributed by atoms with Crippen LogP contribution < -0.4 is 10.1 Å². The number of amides is 1. The number of anilines is 1. The van der Waals surface area contributed by atoms with Gasteiger partial charge in [0.15, 0.2) is 0 Å². The van der Waals surface area contributed by atoms with Crippen LogP contribution in [0.3, 0.4) is 0 Å². The molecule has 2 aromatic carbocycles. The van der Waals surface area contributed by atoms with Crippen LogP contribution in [0.5, 0.6) is 5.75 Å². The molecule has 0 aliphatic heterocycles. The van der Waals surface area contributed by atoms with Crippen molar-refractivity contribution in [1.29, 1.82) is 0 Å². The van der Waals surface area contributed by atoms with E-state index in [0.29, 0.717) is 5.56 Å². The normalized spacial score (nSPS) is 11.1. The lowest BCUT2D eigenvalue weighted by molar-refractivity contribution is -0.141. The maximum Gasteiger partial charge on any atom is 0.353 e. The summed E-state index contributed by atoms with van der Waals surface area (Å²) in [7, 11) is 0. The molecular weight excluding hydrogens is 304 g/mol. The van der Waals surface area contributed by atoms with Crippen LogP contribution in [0.4, 0.5) is 14.5 Å². The Bertz CT molecular complexity index is 689. The Morgan fingerprint density at radius 3 is 2.65 bits per heavy atom. The van der Waals surface area contributed by atoms with E-state index in [1.54, 1.807) is 25.1 Å². The van der Waals surface area contributed by atoms with E-state index in [4.69, 9.17) is 9.84 Å². The van der Waals surface area contributed by atoms with Gasteiger partial charge < -0.3 is 15.2 Å². The number of nitrogens with one attached hydrogen (secondary N) is 1. The van der Waals surface area contributed by atoms with Crippen molar-refractivity contribution in [2.75, 3.05) is 11.9 Å². The molecule has 1 amide bonds. The van der Waals surface area contributed by atoms with Crippen molar-refractivity contribution in [2.24, 2.45) is 0 Å². The minimum Gasteiger partial charge on any atom is -0.493 e. The average Bonchev–Trinajstić information content (AvgIpc) is 2.55. The second-order valence-corrected chi connectivity index (χ2v) is 4.82. The molecule has 2 rings (SSSR count). The fourth-order valence-electron chi connectivity index (χ4n) is 2.09. The topological polar surface area (TPSA) is 58.6 Å². The molecule has 4 nitrogen and oxygen atoms in total. The molecule has 0 spiro atoms. The number of aliphatic hydroxyl groups excluding tert-OH is 1. The third kappa shape index (κ3) is 3.84. The quantitative estimate of drug-likeness (QED) is 0.858. The van der Waals surface area contributed by atoms with Crippen molar-refractivity contribution < 1.29 is 23.4 Å². The van der Waals surface area contributed by atoms with Gasteiger partial charge in [0.05, 0.1) is 18.8 Å². The summed E-state index contributed by atoms with van der Waals surface area (Å²) in [5.41, 5.74) is 0.216. The smallest absolute Gasteiger partial charge is 0.353 e. The molecule has 6 heteroatoms.